The minimum absolute atomic E-state index is 0.314. The number of hydrogen-bond acceptors (Lipinski definition) is 3. The average molecular weight is 270 g/mol. The molecule has 0 bridgehead atoms. The van der Waals surface area contributed by atoms with Crippen LogP contribution in [0.5, 0.6) is 0 Å². The Kier molecular flexibility index (Phi) is 2.72. The Balaban J connectivity index is 1.59. The van der Waals surface area contributed by atoms with Gasteiger partial charge in [0.1, 0.15) is 0 Å². The van der Waals surface area contributed by atoms with E-state index in [-0.39, 0.29) is 0 Å². The molecular formula is C15H18N4O. The van der Waals surface area contributed by atoms with Crippen LogP contribution in [-0.2, 0) is 4.79 Å². The molecule has 1 saturated carbocycles. The summed E-state index contributed by atoms with van der Waals surface area (Å²) in [5, 5.41) is 8.50. The van der Waals surface area contributed by atoms with Crippen LogP contribution in [0.3, 0.4) is 0 Å². The molecule has 104 valence electrons. The summed E-state index contributed by atoms with van der Waals surface area (Å²) in [7, 11) is 0. The van der Waals surface area contributed by atoms with Crippen molar-refractivity contribution in [2.75, 3.05) is 13.1 Å². The maximum absolute atomic E-state index is 12.2. The molecule has 2 aromatic heterocycles. The quantitative estimate of drug-likeness (QED) is 0.908. The third-order valence-corrected chi connectivity index (χ3v) is 4.43. The number of carbonyl (C=O) groups is 1. The molecule has 3 heterocycles. The third kappa shape index (κ3) is 1.97. The number of rotatable bonds is 2. The number of amides is 1. The van der Waals surface area contributed by atoms with Gasteiger partial charge in [-0.3, -0.25) is 9.89 Å². The Labute approximate surface area is 117 Å². The molecule has 5 heteroatoms. The first-order chi connectivity index (χ1) is 9.83. The highest BCUT2D eigenvalue weighted by atomic mass is 16.2. The summed E-state index contributed by atoms with van der Waals surface area (Å²) >= 11 is 0. The van der Waals surface area contributed by atoms with E-state index in [0.29, 0.717) is 17.7 Å². The molecule has 0 spiro atoms. The van der Waals surface area contributed by atoms with Gasteiger partial charge in [-0.2, -0.15) is 5.10 Å². The lowest BCUT2D eigenvalue weighted by molar-refractivity contribution is -0.133. The number of aromatic nitrogens is 3. The molecule has 2 fully saturated rings. The van der Waals surface area contributed by atoms with E-state index >= 15 is 0 Å². The number of pyridine rings is 1. The molecule has 4 rings (SSSR count). The molecule has 1 aliphatic carbocycles. The summed E-state index contributed by atoms with van der Waals surface area (Å²) in [5.74, 6) is 1.03. The van der Waals surface area contributed by atoms with Crippen molar-refractivity contribution in [1.82, 2.24) is 20.1 Å². The lowest BCUT2D eigenvalue weighted by Crippen LogP contribution is -2.40. The van der Waals surface area contributed by atoms with Crippen LogP contribution in [0.2, 0.25) is 0 Å². The molecular weight excluding hydrogens is 252 g/mol. The normalized spacial score (nSPS) is 23.2. The molecule has 2 aliphatic rings. The van der Waals surface area contributed by atoms with E-state index in [4.69, 9.17) is 0 Å². The van der Waals surface area contributed by atoms with Crippen LogP contribution < -0.4 is 0 Å². The van der Waals surface area contributed by atoms with Crippen LogP contribution in [-0.4, -0.2) is 39.1 Å². The van der Waals surface area contributed by atoms with Crippen molar-refractivity contribution in [2.45, 2.75) is 31.6 Å². The lowest BCUT2D eigenvalue weighted by atomic mass is 9.93. The molecule has 5 nitrogen and oxygen atoms in total. The molecule has 1 N–H and O–H groups in total. The second kappa shape index (κ2) is 4.58. The summed E-state index contributed by atoms with van der Waals surface area (Å²) in [5.41, 5.74) is 1.91. The van der Waals surface area contributed by atoms with Gasteiger partial charge in [-0.05, 0) is 37.8 Å². The number of piperidine rings is 1. The number of fused-ring (bicyclic) bond motifs is 1. The van der Waals surface area contributed by atoms with Gasteiger partial charge in [0.15, 0.2) is 5.65 Å². The van der Waals surface area contributed by atoms with Gasteiger partial charge in [-0.25, -0.2) is 4.98 Å². The fourth-order valence-corrected chi connectivity index (χ4v) is 3.18. The van der Waals surface area contributed by atoms with Crippen molar-refractivity contribution in [3.63, 3.8) is 0 Å². The van der Waals surface area contributed by atoms with E-state index in [1.54, 1.807) is 6.20 Å². The topological polar surface area (TPSA) is 61.9 Å². The monoisotopic (exact) mass is 270 g/mol. The summed E-state index contributed by atoms with van der Waals surface area (Å²) in [6.07, 6.45) is 6.11. The number of H-pyrrole nitrogens is 1. The van der Waals surface area contributed by atoms with Crippen LogP contribution in [0.15, 0.2) is 18.3 Å². The second-order valence-electron chi connectivity index (χ2n) is 5.91. The predicted octanol–water partition coefficient (Wildman–Crippen LogP) is 2.07. The fraction of sp³-hybridized carbons (Fsp3) is 0.533. The summed E-state index contributed by atoms with van der Waals surface area (Å²) in [6.45, 7) is 1.73. The fourth-order valence-electron chi connectivity index (χ4n) is 3.18. The van der Waals surface area contributed by atoms with Gasteiger partial charge in [0.05, 0.1) is 0 Å². The smallest absolute Gasteiger partial charge is 0.225 e. The highest BCUT2D eigenvalue weighted by Crippen LogP contribution is 2.35. The molecule has 1 aliphatic heterocycles. The number of carbonyl (C=O) groups excluding carboxylic acids is 1. The Hall–Kier alpha value is -1.91. The van der Waals surface area contributed by atoms with Gasteiger partial charge in [-0.1, -0.05) is 0 Å². The van der Waals surface area contributed by atoms with Crippen molar-refractivity contribution in [2.24, 2.45) is 5.92 Å². The number of likely N-dealkylation sites (tertiary alicyclic amines) is 1. The van der Waals surface area contributed by atoms with Gasteiger partial charge in [-0.15, -0.1) is 0 Å². The zero-order chi connectivity index (χ0) is 13.5. The van der Waals surface area contributed by atoms with Crippen molar-refractivity contribution < 1.29 is 4.79 Å². The van der Waals surface area contributed by atoms with E-state index in [0.717, 1.165) is 55.5 Å². The summed E-state index contributed by atoms with van der Waals surface area (Å²) in [6, 6.07) is 4.00. The van der Waals surface area contributed by atoms with E-state index in [1.165, 1.54) is 0 Å². The second-order valence-corrected chi connectivity index (χ2v) is 5.91. The number of aromatic amines is 1. The van der Waals surface area contributed by atoms with Crippen molar-refractivity contribution >= 4 is 16.9 Å². The average Bonchev–Trinajstić information content (AvgIpc) is 3.26. The first-order valence-electron chi connectivity index (χ1n) is 7.40. The van der Waals surface area contributed by atoms with Crippen LogP contribution >= 0.6 is 0 Å². The Bertz CT molecular complexity index is 646. The minimum Gasteiger partial charge on any atom is -0.342 e. The van der Waals surface area contributed by atoms with Gasteiger partial charge >= 0.3 is 0 Å². The van der Waals surface area contributed by atoms with Gasteiger partial charge in [0.2, 0.25) is 5.91 Å². The van der Waals surface area contributed by atoms with E-state index in [1.807, 2.05) is 6.07 Å². The zero-order valence-corrected chi connectivity index (χ0v) is 11.4. The molecule has 1 atom stereocenters. The Morgan fingerprint density at radius 1 is 1.35 bits per heavy atom. The van der Waals surface area contributed by atoms with Crippen LogP contribution in [0.4, 0.5) is 0 Å². The third-order valence-electron chi connectivity index (χ3n) is 4.43. The van der Waals surface area contributed by atoms with Crippen molar-refractivity contribution in [3.8, 4) is 0 Å². The number of nitrogens with one attached hydrogen (secondary N) is 1. The summed E-state index contributed by atoms with van der Waals surface area (Å²) in [4.78, 5) is 18.5. The summed E-state index contributed by atoms with van der Waals surface area (Å²) < 4.78 is 0. The molecule has 20 heavy (non-hydrogen) atoms. The Morgan fingerprint density at radius 2 is 2.25 bits per heavy atom. The van der Waals surface area contributed by atoms with Gasteiger partial charge in [0.25, 0.3) is 0 Å². The molecule has 0 aromatic carbocycles. The Morgan fingerprint density at radius 3 is 3.10 bits per heavy atom. The van der Waals surface area contributed by atoms with Gasteiger partial charge < -0.3 is 4.90 Å². The first-order valence-corrected chi connectivity index (χ1v) is 7.40. The zero-order valence-electron chi connectivity index (χ0n) is 11.4. The molecule has 0 unspecified atom stereocenters. The van der Waals surface area contributed by atoms with Crippen LogP contribution in [0.1, 0.15) is 37.3 Å². The molecule has 0 radical (unpaired) electrons. The lowest BCUT2D eigenvalue weighted by Gasteiger charge is -2.32. The van der Waals surface area contributed by atoms with Gasteiger partial charge in [0, 0.05) is 42.2 Å². The van der Waals surface area contributed by atoms with Crippen LogP contribution in [0.25, 0.3) is 11.0 Å². The number of nitrogens with zero attached hydrogens (tertiary/aromatic N) is 3. The van der Waals surface area contributed by atoms with E-state index in [9.17, 15) is 4.79 Å². The predicted molar refractivity (Wildman–Crippen MR) is 75.2 cm³/mol. The maximum Gasteiger partial charge on any atom is 0.225 e. The van der Waals surface area contributed by atoms with Crippen LogP contribution in [0, 0.1) is 5.92 Å². The molecule has 2 aromatic rings. The van der Waals surface area contributed by atoms with Crippen molar-refractivity contribution in [1.29, 1.82) is 0 Å². The molecule has 1 amide bonds. The van der Waals surface area contributed by atoms with Crippen molar-refractivity contribution in [3.05, 3.63) is 24.0 Å². The standard InChI is InChI=1S/C15H18N4O/c20-15(10-5-6-10)19-8-2-3-11(9-19)13-12-4-1-7-16-14(12)18-17-13/h1,4,7,10-11H,2-3,5-6,8-9H2,(H,16,17,18)/t11-/m1/s1. The first kappa shape index (κ1) is 11.9. The molecule has 1 saturated heterocycles. The maximum atomic E-state index is 12.2. The minimum atomic E-state index is 0.314. The van der Waals surface area contributed by atoms with E-state index < -0.39 is 0 Å². The number of hydrogen-bond donors (Lipinski definition) is 1. The largest absolute Gasteiger partial charge is 0.342 e. The SMILES string of the molecule is O=C(C1CC1)N1CCC[C@@H](c2[nH]nc3ncccc23)C1. The highest BCUT2D eigenvalue weighted by Gasteiger charge is 2.36. The van der Waals surface area contributed by atoms with E-state index in [2.05, 4.69) is 26.1 Å². The highest BCUT2D eigenvalue weighted by molar-refractivity contribution is 5.81.